The zero-order valence-corrected chi connectivity index (χ0v) is 12.2. The Morgan fingerprint density at radius 1 is 1.24 bits per heavy atom. The Hall–Kier alpha value is -1.98. The number of ether oxygens (including phenoxy) is 1. The summed E-state index contributed by atoms with van der Waals surface area (Å²) in [6.07, 6.45) is 0. The van der Waals surface area contributed by atoms with E-state index in [2.05, 4.69) is 5.32 Å². The van der Waals surface area contributed by atoms with E-state index < -0.39 is 11.7 Å². The van der Waals surface area contributed by atoms with Gasteiger partial charge in [0, 0.05) is 11.8 Å². The molecule has 1 amide bonds. The van der Waals surface area contributed by atoms with Crippen LogP contribution in [0.2, 0.25) is 10.0 Å². The molecule has 0 bridgehead atoms. The molecule has 110 valence electrons. The third kappa shape index (κ3) is 4.24. The number of carbonyl (C=O) groups is 1. The maximum Gasteiger partial charge on any atom is 0.262 e. The van der Waals surface area contributed by atoms with E-state index in [1.807, 2.05) is 0 Å². The molecule has 0 aliphatic rings. The molecule has 2 aromatic rings. The van der Waals surface area contributed by atoms with Gasteiger partial charge in [0.05, 0.1) is 15.7 Å². The highest BCUT2D eigenvalue weighted by Gasteiger charge is 2.12. The van der Waals surface area contributed by atoms with Crippen LogP contribution in [-0.4, -0.2) is 12.5 Å². The summed E-state index contributed by atoms with van der Waals surface area (Å²) in [5.74, 6) is -0.603. The van der Waals surface area contributed by atoms with Crippen LogP contribution in [0.15, 0.2) is 36.4 Å². The predicted octanol–water partition coefficient (Wildman–Crippen LogP) is 3.73. The number of nitrogens with one attached hydrogen (secondary N) is 1. The summed E-state index contributed by atoms with van der Waals surface area (Å²) in [7, 11) is 0. The Morgan fingerprint density at radius 2 is 1.90 bits per heavy atom. The first-order valence-electron chi connectivity index (χ1n) is 5.88. The molecule has 0 fully saturated rings. The molecular weight excluding hydrogens is 318 g/mol. The van der Waals surface area contributed by atoms with Crippen LogP contribution in [0.5, 0.6) is 5.75 Å². The second-order valence-corrected chi connectivity index (χ2v) is 4.97. The number of halogens is 3. The molecule has 0 atom stereocenters. The van der Waals surface area contributed by atoms with E-state index in [0.29, 0.717) is 11.4 Å². The van der Waals surface area contributed by atoms with Crippen molar-refractivity contribution in [2.45, 2.75) is 0 Å². The van der Waals surface area contributed by atoms with E-state index >= 15 is 0 Å². The summed E-state index contributed by atoms with van der Waals surface area (Å²) in [5, 5.41) is 2.49. The van der Waals surface area contributed by atoms with E-state index in [9.17, 15) is 9.18 Å². The number of carbonyl (C=O) groups excluding carboxylic acids is 1. The van der Waals surface area contributed by atoms with Crippen molar-refractivity contribution in [2.24, 2.45) is 0 Å². The number of anilines is 2. The van der Waals surface area contributed by atoms with Gasteiger partial charge in [-0.3, -0.25) is 4.79 Å². The highest BCUT2D eigenvalue weighted by Crippen LogP contribution is 2.31. The van der Waals surface area contributed by atoms with Crippen molar-refractivity contribution in [3.63, 3.8) is 0 Å². The van der Waals surface area contributed by atoms with Crippen LogP contribution in [0.4, 0.5) is 15.8 Å². The fourth-order valence-corrected chi connectivity index (χ4v) is 2.15. The van der Waals surface area contributed by atoms with Crippen LogP contribution in [-0.2, 0) is 4.79 Å². The highest BCUT2D eigenvalue weighted by atomic mass is 35.5. The summed E-state index contributed by atoms with van der Waals surface area (Å²) in [6, 6.07) is 8.78. The molecule has 0 spiro atoms. The van der Waals surface area contributed by atoms with Crippen LogP contribution in [0.1, 0.15) is 0 Å². The molecule has 0 aromatic heterocycles. The molecule has 0 saturated heterocycles. The van der Waals surface area contributed by atoms with Gasteiger partial charge in [0.2, 0.25) is 0 Å². The number of amides is 1. The van der Waals surface area contributed by atoms with E-state index in [4.69, 9.17) is 33.7 Å². The van der Waals surface area contributed by atoms with Crippen molar-refractivity contribution in [3.8, 4) is 5.75 Å². The summed E-state index contributed by atoms with van der Waals surface area (Å²) in [5.41, 5.74) is 6.26. The molecule has 0 radical (unpaired) electrons. The van der Waals surface area contributed by atoms with Gasteiger partial charge in [-0.15, -0.1) is 0 Å². The van der Waals surface area contributed by atoms with Crippen molar-refractivity contribution in [3.05, 3.63) is 52.3 Å². The number of hydrogen-bond donors (Lipinski definition) is 2. The second-order valence-electron chi connectivity index (χ2n) is 4.15. The zero-order valence-electron chi connectivity index (χ0n) is 10.7. The first-order valence-corrected chi connectivity index (χ1v) is 6.64. The van der Waals surface area contributed by atoms with Crippen LogP contribution < -0.4 is 15.8 Å². The van der Waals surface area contributed by atoms with Gasteiger partial charge in [-0.25, -0.2) is 4.39 Å². The molecule has 4 nitrogen and oxygen atoms in total. The third-order valence-corrected chi connectivity index (χ3v) is 3.10. The minimum Gasteiger partial charge on any atom is -0.484 e. The lowest BCUT2D eigenvalue weighted by Gasteiger charge is -2.10. The molecule has 7 heteroatoms. The number of hydrogen-bond acceptors (Lipinski definition) is 3. The minimum absolute atomic E-state index is 0.0114. The van der Waals surface area contributed by atoms with Gasteiger partial charge in [0.1, 0.15) is 11.6 Å². The van der Waals surface area contributed by atoms with E-state index in [0.717, 1.165) is 12.1 Å². The monoisotopic (exact) mass is 328 g/mol. The largest absolute Gasteiger partial charge is 0.484 e. The second kappa shape index (κ2) is 6.65. The SMILES string of the molecule is Nc1cccc(OCC(=O)Nc2c(Cl)cc(F)cc2Cl)c1. The third-order valence-electron chi connectivity index (χ3n) is 2.50. The molecule has 2 rings (SSSR count). The van der Waals surface area contributed by atoms with Gasteiger partial charge in [0.25, 0.3) is 5.91 Å². The van der Waals surface area contributed by atoms with Gasteiger partial charge in [-0.2, -0.15) is 0 Å². The lowest BCUT2D eigenvalue weighted by Crippen LogP contribution is -2.20. The van der Waals surface area contributed by atoms with E-state index in [-0.39, 0.29) is 22.3 Å². The molecule has 0 unspecified atom stereocenters. The molecule has 2 aromatic carbocycles. The van der Waals surface area contributed by atoms with Gasteiger partial charge in [-0.1, -0.05) is 29.3 Å². The molecule has 0 aliphatic carbocycles. The fourth-order valence-electron chi connectivity index (χ4n) is 1.59. The van der Waals surface area contributed by atoms with Crippen molar-refractivity contribution in [1.29, 1.82) is 0 Å². The maximum atomic E-state index is 13.0. The van der Waals surface area contributed by atoms with Crippen molar-refractivity contribution in [2.75, 3.05) is 17.7 Å². The zero-order chi connectivity index (χ0) is 15.4. The number of benzene rings is 2. The molecular formula is C14H11Cl2FN2O2. The Morgan fingerprint density at radius 3 is 2.52 bits per heavy atom. The highest BCUT2D eigenvalue weighted by molar-refractivity contribution is 6.39. The first-order chi connectivity index (χ1) is 9.95. The lowest BCUT2D eigenvalue weighted by atomic mass is 10.3. The maximum absolute atomic E-state index is 13.0. The van der Waals surface area contributed by atoms with Crippen molar-refractivity contribution in [1.82, 2.24) is 0 Å². The normalized spacial score (nSPS) is 10.2. The predicted molar refractivity (Wildman–Crippen MR) is 81.4 cm³/mol. The summed E-state index contributed by atoms with van der Waals surface area (Å²) in [4.78, 5) is 11.8. The van der Waals surface area contributed by atoms with Gasteiger partial charge < -0.3 is 15.8 Å². The molecule has 0 heterocycles. The van der Waals surface area contributed by atoms with Gasteiger partial charge in [-0.05, 0) is 24.3 Å². The van der Waals surface area contributed by atoms with E-state index in [1.165, 1.54) is 0 Å². The summed E-state index contributed by atoms with van der Waals surface area (Å²) >= 11 is 11.6. The molecule has 21 heavy (non-hydrogen) atoms. The topological polar surface area (TPSA) is 64.3 Å². The summed E-state index contributed by atoms with van der Waals surface area (Å²) in [6.45, 7) is -0.256. The average Bonchev–Trinajstić information content (AvgIpc) is 2.40. The lowest BCUT2D eigenvalue weighted by molar-refractivity contribution is -0.118. The van der Waals surface area contributed by atoms with Crippen molar-refractivity contribution < 1.29 is 13.9 Å². The molecule has 0 saturated carbocycles. The molecule has 3 N–H and O–H groups in total. The van der Waals surface area contributed by atoms with Crippen LogP contribution in [0, 0.1) is 5.82 Å². The number of rotatable bonds is 4. The van der Waals surface area contributed by atoms with Gasteiger partial charge in [0.15, 0.2) is 6.61 Å². The summed E-state index contributed by atoms with van der Waals surface area (Å²) < 4.78 is 18.3. The van der Waals surface area contributed by atoms with Crippen LogP contribution in [0.3, 0.4) is 0 Å². The minimum atomic E-state index is -0.584. The van der Waals surface area contributed by atoms with Gasteiger partial charge >= 0.3 is 0 Å². The Balaban J connectivity index is 1.99. The Labute approximate surface area is 130 Å². The number of nitrogen functional groups attached to an aromatic ring is 1. The Kier molecular flexibility index (Phi) is 4.88. The smallest absolute Gasteiger partial charge is 0.262 e. The fraction of sp³-hybridized carbons (Fsp3) is 0.0714. The Bertz CT molecular complexity index is 657. The van der Waals surface area contributed by atoms with E-state index in [1.54, 1.807) is 24.3 Å². The van der Waals surface area contributed by atoms with Crippen molar-refractivity contribution >= 4 is 40.5 Å². The number of nitrogens with two attached hydrogens (primary N) is 1. The average molecular weight is 329 g/mol. The standard InChI is InChI=1S/C14H11Cl2FN2O2/c15-11-4-8(17)5-12(16)14(11)19-13(20)7-21-10-3-1-2-9(18)6-10/h1-6H,7,18H2,(H,19,20). The first kappa shape index (κ1) is 15.4. The van der Waals surface area contributed by atoms with Crippen LogP contribution >= 0.6 is 23.2 Å². The van der Waals surface area contributed by atoms with Crippen LogP contribution in [0.25, 0.3) is 0 Å². The quantitative estimate of drug-likeness (QED) is 0.840. The molecule has 0 aliphatic heterocycles.